The van der Waals surface area contributed by atoms with Crippen LogP contribution in [0.3, 0.4) is 0 Å². The fourth-order valence-electron chi connectivity index (χ4n) is 2.79. The molecule has 0 fully saturated rings. The molecule has 0 aliphatic carbocycles. The SMILES string of the molecule is CCSc1ccccc1C(=O)Nc1ccccc1C(=O)NCc1ccccc1. The normalized spacial score (nSPS) is 10.3. The van der Waals surface area contributed by atoms with E-state index in [4.69, 9.17) is 0 Å². The minimum Gasteiger partial charge on any atom is -0.348 e. The summed E-state index contributed by atoms with van der Waals surface area (Å²) in [5, 5.41) is 5.80. The van der Waals surface area contributed by atoms with E-state index in [1.54, 1.807) is 42.1 Å². The van der Waals surface area contributed by atoms with E-state index in [1.807, 2.05) is 55.5 Å². The summed E-state index contributed by atoms with van der Waals surface area (Å²) in [4.78, 5) is 26.4. The first-order chi connectivity index (χ1) is 13.7. The van der Waals surface area contributed by atoms with Crippen molar-refractivity contribution in [2.24, 2.45) is 0 Å². The average molecular weight is 391 g/mol. The molecule has 0 spiro atoms. The Balaban J connectivity index is 1.75. The molecule has 0 unspecified atom stereocenters. The molecule has 3 aromatic rings. The molecule has 0 atom stereocenters. The number of rotatable bonds is 7. The van der Waals surface area contributed by atoms with Crippen LogP contribution < -0.4 is 10.6 Å². The molecule has 0 saturated heterocycles. The topological polar surface area (TPSA) is 58.2 Å². The zero-order valence-electron chi connectivity index (χ0n) is 15.6. The van der Waals surface area contributed by atoms with E-state index >= 15 is 0 Å². The number of carbonyl (C=O) groups excluding carboxylic acids is 2. The van der Waals surface area contributed by atoms with Gasteiger partial charge in [0, 0.05) is 11.4 Å². The third kappa shape index (κ3) is 5.02. The molecule has 0 saturated carbocycles. The molecule has 3 aromatic carbocycles. The van der Waals surface area contributed by atoms with Gasteiger partial charge in [0.15, 0.2) is 0 Å². The smallest absolute Gasteiger partial charge is 0.256 e. The van der Waals surface area contributed by atoms with Crippen LogP contribution in [0, 0.1) is 0 Å². The molecule has 2 N–H and O–H groups in total. The largest absolute Gasteiger partial charge is 0.348 e. The van der Waals surface area contributed by atoms with Crippen molar-refractivity contribution in [1.82, 2.24) is 5.32 Å². The van der Waals surface area contributed by atoms with Crippen molar-refractivity contribution in [3.05, 3.63) is 95.6 Å². The minimum atomic E-state index is -0.226. The first-order valence-corrected chi connectivity index (χ1v) is 10.1. The van der Waals surface area contributed by atoms with Gasteiger partial charge in [-0.05, 0) is 35.6 Å². The van der Waals surface area contributed by atoms with Crippen molar-refractivity contribution in [2.45, 2.75) is 18.4 Å². The Morgan fingerprint density at radius 1 is 0.786 bits per heavy atom. The molecule has 0 bridgehead atoms. The van der Waals surface area contributed by atoms with Crippen LogP contribution >= 0.6 is 11.8 Å². The molecule has 0 heterocycles. The van der Waals surface area contributed by atoms with Gasteiger partial charge in [-0.15, -0.1) is 11.8 Å². The molecule has 5 heteroatoms. The summed E-state index contributed by atoms with van der Waals surface area (Å²) in [6.07, 6.45) is 0. The van der Waals surface area contributed by atoms with Crippen LogP contribution in [0.4, 0.5) is 5.69 Å². The van der Waals surface area contributed by atoms with E-state index in [0.717, 1.165) is 16.2 Å². The Morgan fingerprint density at radius 3 is 2.18 bits per heavy atom. The highest BCUT2D eigenvalue weighted by atomic mass is 32.2. The van der Waals surface area contributed by atoms with Crippen molar-refractivity contribution >= 4 is 29.3 Å². The van der Waals surface area contributed by atoms with Crippen LogP contribution in [0.1, 0.15) is 33.2 Å². The Kier molecular flexibility index (Phi) is 6.87. The van der Waals surface area contributed by atoms with E-state index in [9.17, 15) is 9.59 Å². The first-order valence-electron chi connectivity index (χ1n) is 9.13. The van der Waals surface area contributed by atoms with Crippen LogP contribution in [0.25, 0.3) is 0 Å². The summed E-state index contributed by atoms with van der Waals surface area (Å²) < 4.78 is 0. The lowest BCUT2D eigenvalue weighted by atomic mass is 10.1. The summed E-state index contributed by atoms with van der Waals surface area (Å²) in [7, 11) is 0. The van der Waals surface area contributed by atoms with Crippen molar-refractivity contribution in [3.8, 4) is 0 Å². The number of anilines is 1. The lowest BCUT2D eigenvalue weighted by Crippen LogP contribution is -2.25. The number of nitrogens with one attached hydrogen (secondary N) is 2. The van der Waals surface area contributed by atoms with E-state index in [-0.39, 0.29) is 11.8 Å². The standard InChI is InChI=1S/C23H22N2O2S/c1-2-28-21-15-9-7-13-19(21)23(27)25-20-14-8-6-12-18(20)22(26)24-16-17-10-4-3-5-11-17/h3-15H,2,16H2,1H3,(H,24,26)(H,25,27). The van der Waals surface area contributed by atoms with E-state index < -0.39 is 0 Å². The number of benzene rings is 3. The second-order valence-corrected chi connectivity index (χ2v) is 7.40. The molecular formula is C23H22N2O2S. The molecule has 142 valence electrons. The second-order valence-electron chi connectivity index (χ2n) is 6.10. The molecule has 3 rings (SSSR count). The molecule has 4 nitrogen and oxygen atoms in total. The fourth-order valence-corrected chi connectivity index (χ4v) is 3.59. The van der Waals surface area contributed by atoms with E-state index in [1.165, 1.54) is 0 Å². The third-order valence-corrected chi connectivity index (χ3v) is 5.10. The van der Waals surface area contributed by atoms with Crippen molar-refractivity contribution < 1.29 is 9.59 Å². The van der Waals surface area contributed by atoms with Gasteiger partial charge in [0.2, 0.25) is 0 Å². The highest BCUT2D eigenvalue weighted by Gasteiger charge is 2.16. The second kappa shape index (κ2) is 9.76. The van der Waals surface area contributed by atoms with E-state index in [2.05, 4.69) is 10.6 Å². The van der Waals surface area contributed by atoms with Crippen LogP contribution in [0.2, 0.25) is 0 Å². The lowest BCUT2D eigenvalue weighted by Gasteiger charge is -2.13. The van der Waals surface area contributed by atoms with Gasteiger partial charge in [0.1, 0.15) is 0 Å². The quantitative estimate of drug-likeness (QED) is 0.559. The molecule has 28 heavy (non-hydrogen) atoms. The number of hydrogen-bond donors (Lipinski definition) is 2. The summed E-state index contributed by atoms with van der Waals surface area (Å²) in [5.74, 6) is 0.429. The highest BCUT2D eigenvalue weighted by Crippen LogP contribution is 2.24. The number of thioether (sulfide) groups is 1. The molecule has 2 amide bonds. The van der Waals surface area contributed by atoms with Crippen molar-refractivity contribution in [2.75, 3.05) is 11.1 Å². The maximum absolute atomic E-state index is 12.8. The van der Waals surface area contributed by atoms with Gasteiger partial charge in [-0.1, -0.05) is 61.5 Å². The Bertz CT molecular complexity index is 958. The number of amides is 2. The summed E-state index contributed by atoms with van der Waals surface area (Å²) in [6, 6.07) is 24.2. The Hall–Kier alpha value is -3.05. The number of carbonyl (C=O) groups is 2. The van der Waals surface area contributed by atoms with Crippen LogP contribution in [-0.4, -0.2) is 17.6 Å². The van der Waals surface area contributed by atoms with Gasteiger partial charge in [-0.3, -0.25) is 9.59 Å². The predicted molar refractivity (Wildman–Crippen MR) is 115 cm³/mol. The third-order valence-electron chi connectivity index (χ3n) is 4.15. The van der Waals surface area contributed by atoms with Crippen molar-refractivity contribution in [1.29, 1.82) is 0 Å². The maximum Gasteiger partial charge on any atom is 0.256 e. The van der Waals surface area contributed by atoms with Gasteiger partial charge < -0.3 is 10.6 Å². The summed E-state index contributed by atoms with van der Waals surface area (Å²) in [6.45, 7) is 2.48. The van der Waals surface area contributed by atoms with Crippen LogP contribution in [0.15, 0.2) is 83.8 Å². The fraction of sp³-hybridized carbons (Fsp3) is 0.130. The summed E-state index contributed by atoms with van der Waals surface area (Å²) >= 11 is 1.62. The van der Waals surface area contributed by atoms with Crippen molar-refractivity contribution in [3.63, 3.8) is 0 Å². The van der Waals surface area contributed by atoms with Gasteiger partial charge in [-0.25, -0.2) is 0 Å². The van der Waals surface area contributed by atoms with Gasteiger partial charge in [0.05, 0.1) is 16.8 Å². The minimum absolute atomic E-state index is 0.222. The molecule has 0 radical (unpaired) electrons. The van der Waals surface area contributed by atoms with Crippen LogP contribution in [0.5, 0.6) is 0 Å². The summed E-state index contributed by atoms with van der Waals surface area (Å²) in [5.41, 5.74) is 2.55. The molecule has 0 aliphatic heterocycles. The molecular weight excluding hydrogens is 368 g/mol. The predicted octanol–water partition coefficient (Wildman–Crippen LogP) is 4.98. The van der Waals surface area contributed by atoms with Gasteiger partial charge in [0.25, 0.3) is 11.8 Å². The Labute approximate surface area is 169 Å². The first kappa shape index (κ1) is 19.7. The number of hydrogen-bond acceptors (Lipinski definition) is 3. The maximum atomic E-state index is 12.8. The highest BCUT2D eigenvalue weighted by molar-refractivity contribution is 7.99. The lowest BCUT2D eigenvalue weighted by molar-refractivity contribution is 0.0952. The van der Waals surface area contributed by atoms with Gasteiger partial charge in [-0.2, -0.15) is 0 Å². The molecule has 0 aliphatic rings. The molecule has 0 aromatic heterocycles. The zero-order valence-corrected chi connectivity index (χ0v) is 16.5. The average Bonchev–Trinajstić information content (AvgIpc) is 2.74. The van der Waals surface area contributed by atoms with Crippen LogP contribution in [-0.2, 0) is 6.54 Å². The monoisotopic (exact) mass is 390 g/mol. The number of para-hydroxylation sites is 1. The zero-order chi connectivity index (χ0) is 19.8. The van der Waals surface area contributed by atoms with E-state index in [0.29, 0.717) is 23.4 Å². The van der Waals surface area contributed by atoms with Gasteiger partial charge >= 0.3 is 0 Å². The Morgan fingerprint density at radius 2 is 1.43 bits per heavy atom.